The van der Waals surface area contributed by atoms with Gasteiger partial charge in [0, 0.05) is 5.25 Å². The Bertz CT molecular complexity index is 473. The fraction of sp³-hybridized carbons (Fsp3) is 0.692. The number of rotatable bonds is 3. The number of thioether (sulfide) groups is 1. The van der Waals surface area contributed by atoms with Gasteiger partial charge in [0.15, 0.2) is 0 Å². The van der Waals surface area contributed by atoms with Crippen LogP contribution >= 0.6 is 11.8 Å². The maximum absolute atomic E-state index is 12.0. The number of nitrogens with zero attached hydrogens (tertiary/aromatic N) is 1. The average Bonchev–Trinajstić information content (AvgIpc) is 2.92. The summed E-state index contributed by atoms with van der Waals surface area (Å²) >= 11 is 1.75. The molecule has 3 aliphatic heterocycles. The Morgan fingerprint density at radius 1 is 1.55 bits per heavy atom. The molecule has 3 aliphatic rings. The topological polar surface area (TPSA) is 80.7 Å². The summed E-state index contributed by atoms with van der Waals surface area (Å²) in [6.45, 7) is 1.58. The SMILES string of the molecule is C[C@@H](O)[C@H]1C(=O)N2C(C(=O)[O-])=C([C@H]3CCCS3)C[C@H]12.[Na+]. The van der Waals surface area contributed by atoms with E-state index in [1.54, 1.807) is 18.7 Å². The summed E-state index contributed by atoms with van der Waals surface area (Å²) in [7, 11) is 0. The number of aliphatic hydroxyl groups excluding tert-OH is 1. The maximum atomic E-state index is 12.0. The Balaban J connectivity index is 0.00000147. The van der Waals surface area contributed by atoms with Crippen molar-refractivity contribution in [3.05, 3.63) is 11.3 Å². The molecule has 1 amide bonds. The van der Waals surface area contributed by atoms with Crippen LogP contribution in [0.1, 0.15) is 26.2 Å². The second-order valence-corrected chi connectivity index (χ2v) is 6.72. The van der Waals surface area contributed by atoms with E-state index in [4.69, 9.17) is 0 Å². The summed E-state index contributed by atoms with van der Waals surface area (Å²) in [4.78, 5) is 24.7. The molecule has 20 heavy (non-hydrogen) atoms. The van der Waals surface area contributed by atoms with Crippen molar-refractivity contribution in [3.63, 3.8) is 0 Å². The molecule has 1 N–H and O–H groups in total. The molecule has 0 radical (unpaired) electrons. The molecule has 2 saturated heterocycles. The van der Waals surface area contributed by atoms with Crippen molar-refractivity contribution in [2.75, 3.05) is 5.75 Å². The fourth-order valence-corrected chi connectivity index (χ4v) is 4.79. The zero-order chi connectivity index (χ0) is 13.7. The zero-order valence-electron chi connectivity index (χ0n) is 11.7. The summed E-state index contributed by atoms with van der Waals surface area (Å²) < 4.78 is 0. The van der Waals surface area contributed by atoms with Crippen LogP contribution in [0.3, 0.4) is 0 Å². The van der Waals surface area contributed by atoms with E-state index in [0.717, 1.165) is 24.2 Å². The quantitative estimate of drug-likeness (QED) is 0.432. The Hall–Kier alpha value is -0.01000. The number of carboxylic acids is 1. The monoisotopic (exact) mass is 305 g/mol. The molecule has 3 rings (SSSR count). The molecule has 5 nitrogen and oxygen atoms in total. The van der Waals surface area contributed by atoms with Gasteiger partial charge in [-0.25, -0.2) is 0 Å². The van der Waals surface area contributed by atoms with Gasteiger partial charge in [-0.2, -0.15) is 11.8 Å². The molecule has 0 aromatic rings. The second-order valence-electron chi connectivity index (χ2n) is 5.41. The van der Waals surface area contributed by atoms with E-state index in [1.807, 2.05) is 0 Å². The summed E-state index contributed by atoms with van der Waals surface area (Å²) in [5, 5.41) is 21.2. The first kappa shape index (κ1) is 16.4. The number of carbonyl (C=O) groups excluding carboxylic acids is 2. The van der Waals surface area contributed by atoms with Crippen LogP contribution in [0.2, 0.25) is 0 Å². The normalized spacial score (nSPS) is 33.6. The van der Waals surface area contributed by atoms with E-state index in [1.165, 1.54) is 4.90 Å². The Labute approximate surface area is 144 Å². The Kier molecular flexibility index (Phi) is 4.91. The van der Waals surface area contributed by atoms with Gasteiger partial charge in [0.2, 0.25) is 5.91 Å². The van der Waals surface area contributed by atoms with Gasteiger partial charge in [-0.3, -0.25) is 4.79 Å². The minimum atomic E-state index is -1.26. The number of carbonyl (C=O) groups is 2. The molecule has 0 bridgehead atoms. The minimum Gasteiger partial charge on any atom is -0.543 e. The van der Waals surface area contributed by atoms with Crippen LogP contribution in [-0.4, -0.2) is 45.0 Å². The van der Waals surface area contributed by atoms with Crippen molar-refractivity contribution < 1.29 is 49.4 Å². The molecule has 0 aliphatic carbocycles. The number of hydrogen-bond donors (Lipinski definition) is 1. The summed E-state index contributed by atoms with van der Waals surface area (Å²) in [5.74, 6) is -0.967. The molecule has 104 valence electrons. The summed E-state index contributed by atoms with van der Waals surface area (Å²) in [6, 6.07) is -0.184. The predicted molar refractivity (Wildman–Crippen MR) is 67.9 cm³/mol. The van der Waals surface area contributed by atoms with E-state index >= 15 is 0 Å². The van der Waals surface area contributed by atoms with Gasteiger partial charge in [0.25, 0.3) is 0 Å². The molecular formula is C13H16NNaO4S. The van der Waals surface area contributed by atoms with Crippen molar-refractivity contribution in [2.45, 2.75) is 43.6 Å². The average molecular weight is 305 g/mol. The molecule has 3 heterocycles. The number of amides is 1. The van der Waals surface area contributed by atoms with Crippen LogP contribution in [0.4, 0.5) is 0 Å². The number of hydrogen-bond acceptors (Lipinski definition) is 5. The zero-order valence-corrected chi connectivity index (χ0v) is 14.5. The number of aliphatic hydroxyl groups is 1. The van der Waals surface area contributed by atoms with Gasteiger partial charge >= 0.3 is 29.6 Å². The largest absolute Gasteiger partial charge is 1.00 e. The molecule has 0 unspecified atom stereocenters. The van der Waals surface area contributed by atoms with Crippen molar-refractivity contribution in [3.8, 4) is 0 Å². The predicted octanol–water partition coefficient (Wildman–Crippen LogP) is -3.50. The molecule has 7 heteroatoms. The summed E-state index contributed by atoms with van der Waals surface area (Å²) in [5.41, 5.74) is 0.912. The summed E-state index contributed by atoms with van der Waals surface area (Å²) in [6.07, 6.45) is 1.89. The first-order valence-electron chi connectivity index (χ1n) is 6.59. The molecule has 0 saturated carbocycles. The van der Waals surface area contributed by atoms with Gasteiger partial charge in [-0.1, -0.05) is 0 Å². The Morgan fingerprint density at radius 2 is 2.25 bits per heavy atom. The third-order valence-electron chi connectivity index (χ3n) is 4.27. The van der Waals surface area contributed by atoms with Gasteiger partial charge in [-0.15, -0.1) is 0 Å². The Morgan fingerprint density at radius 3 is 2.75 bits per heavy atom. The van der Waals surface area contributed by atoms with Gasteiger partial charge < -0.3 is 19.9 Å². The van der Waals surface area contributed by atoms with Crippen LogP contribution in [0.25, 0.3) is 0 Å². The maximum Gasteiger partial charge on any atom is 1.00 e. The van der Waals surface area contributed by atoms with Crippen LogP contribution in [0.5, 0.6) is 0 Å². The van der Waals surface area contributed by atoms with E-state index < -0.39 is 18.0 Å². The van der Waals surface area contributed by atoms with Crippen molar-refractivity contribution in [1.82, 2.24) is 4.90 Å². The first-order valence-corrected chi connectivity index (χ1v) is 7.64. The number of carboxylic acid groups (broad SMARTS) is 1. The molecule has 0 aromatic heterocycles. The third kappa shape index (κ3) is 2.35. The molecule has 0 aromatic carbocycles. The van der Waals surface area contributed by atoms with Gasteiger partial charge in [0.05, 0.1) is 29.7 Å². The first-order chi connectivity index (χ1) is 9.02. The van der Waals surface area contributed by atoms with Gasteiger partial charge in [-0.05, 0) is 37.5 Å². The molecular weight excluding hydrogens is 289 g/mol. The van der Waals surface area contributed by atoms with Crippen LogP contribution in [-0.2, 0) is 9.59 Å². The standard InChI is InChI=1S/C13H17NO4S.Na/c1-6(15)10-8-5-7(9-3-2-4-19-9)11(13(17)18)14(8)12(10)16;/h6,8-10,15H,2-5H2,1H3,(H,17,18);/q;+1/p-1/t6-,8-,9-,10-;/m1./s1. The minimum absolute atomic E-state index is 0. The number of fused-ring (bicyclic) bond motifs is 1. The van der Waals surface area contributed by atoms with E-state index in [0.29, 0.717) is 6.42 Å². The van der Waals surface area contributed by atoms with Crippen LogP contribution in [0.15, 0.2) is 11.3 Å². The molecule has 0 spiro atoms. The third-order valence-corrected chi connectivity index (χ3v) is 5.72. The fourth-order valence-electron chi connectivity index (χ4n) is 3.43. The van der Waals surface area contributed by atoms with E-state index in [2.05, 4.69) is 0 Å². The van der Waals surface area contributed by atoms with Crippen molar-refractivity contribution >= 4 is 23.6 Å². The molecule has 2 fully saturated rings. The van der Waals surface area contributed by atoms with Crippen molar-refractivity contribution in [1.29, 1.82) is 0 Å². The number of aliphatic carboxylic acids is 1. The smallest absolute Gasteiger partial charge is 0.543 e. The van der Waals surface area contributed by atoms with E-state index in [9.17, 15) is 19.8 Å². The van der Waals surface area contributed by atoms with Gasteiger partial charge in [0.1, 0.15) is 0 Å². The van der Waals surface area contributed by atoms with E-state index in [-0.39, 0.29) is 52.5 Å². The van der Waals surface area contributed by atoms with Crippen molar-refractivity contribution in [2.24, 2.45) is 5.92 Å². The van der Waals surface area contributed by atoms with Crippen LogP contribution < -0.4 is 34.7 Å². The second kappa shape index (κ2) is 6.01. The molecule has 4 atom stereocenters. The number of β-lactam (4-membered cyclic amide) rings is 1. The van der Waals surface area contributed by atoms with Crippen LogP contribution in [0, 0.1) is 5.92 Å².